The van der Waals surface area contributed by atoms with Gasteiger partial charge in [0.05, 0.1) is 12.6 Å². The second-order valence-corrected chi connectivity index (χ2v) is 8.38. The lowest BCUT2D eigenvalue weighted by molar-refractivity contribution is 0.270. The van der Waals surface area contributed by atoms with E-state index < -0.39 is 0 Å². The number of benzene rings is 2. The van der Waals surface area contributed by atoms with Crippen molar-refractivity contribution >= 4 is 28.9 Å². The molecule has 0 bridgehead atoms. The Bertz CT molecular complexity index is 826. The number of fused-ring (bicyclic) bond motifs is 3. The quantitative estimate of drug-likeness (QED) is 0.578. The van der Waals surface area contributed by atoms with E-state index in [1.807, 2.05) is 24.3 Å². The Morgan fingerprint density at radius 3 is 2.65 bits per heavy atom. The zero-order valence-electron chi connectivity index (χ0n) is 15.0. The molecule has 26 heavy (non-hydrogen) atoms. The summed E-state index contributed by atoms with van der Waals surface area (Å²) in [5.74, 6) is 2.20. The van der Waals surface area contributed by atoms with Gasteiger partial charge in [-0.15, -0.1) is 0 Å². The van der Waals surface area contributed by atoms with Crippen LogP contribution in [0.4, 0.5) is 5.69 Å². The van der Waals surface area contributed by atoms with Gasteiger partial charge in [-0.3, -0.25) is 0 Å². The van der Waals surface area contributed by atoms with Gasteiger partial charge in [0, 0.05) is 27.2 Å². The highest BCUT2D eigenvalue weighted by Crippen LogP contribution is 2.52. The Morgan fingerprint density at radius 2 is 1.92 bits per heavy atom. The molecule has 3 unspecified atom stereocenters. The number of halogens is 2. The predicted molar refractivity (Wildman–Crippen MR) is 110 cm³/mol. The second-order valence-electron chi connectivity index (χ2n) is 7.56. The zero-order chi connectivity index (χ0) is 18.3. The van der Waals surface area contributed by atoms with Crippen LogP contribution in [-0.4, -0.2) is 6.61 Å². The summed E-state index contributed by atoms with van der Waals surface area (Å²) in [6, 6.07) is 12.2. The topological polar surface area (TPSA) is 21.3 Å². The Kier molecular flexibility index (Phi) is 4.90. The maximum atomic E-state index is 6.51. The van der Waals surface area contributed by atoms with Crippen molar-refractivity contribution in [1.82, 2.24) is 0 Å². The summed E-state index contributed by atoms with van der Waals surface area (Å²) in [5, 5.41) is 5.14. The van der Waals surface area contributed by atoms with Crippen molar-refractivity contribution in [1.29, 1.82) is 0 Å². The third kappa shape index (κ3) is 3.21. The SMILES string of the molecule is CC(C)COc1ccc2c(c1)C1C=CCC1C(c1c(Cl)cccc1Cl)N2. The minimum Gasteiger partial charge on any atom is -0.493 e. The first-order chi connectivity index (χ1) is 12.5. The molecule has 0 saturated heterocycles. The fraction of sp³-hybridized carbons (Fsp3) is 0.364. The average molecular weight is 388 g/mol. The molecular formula is C22H23Cl2NO. The van der Waals surface area contributed by atoms with Crippen molar-refractivity contribution < 1.29 is 4.74 Å². The predicted octanol–water partition coefficient (Wildman–Crippen LogP) is 6.85. The van der Waals surface area contributed by atoms with E-state index in [9.17, 15) is 0 Å². The molecule has 0 aromatic heterocycles. The Morgan fingerprint density at radius 1 is 1.15 bits per heavy atom. The third-order valence-corrected chi connectivity index (χ3v) is 5.89. The second kappa shape index (κ2) is 7.17. The van der Waals surface area contributed by atoms with E-state index in [2.05, 4.69) is 43.4 Å². The molecule has 4 heteroatoms. The molecule has 1 heterocycles. The summed E-state index contributed by atoms with van der Waals surface area (Å²) in [7, 11) is 0. The Hall–Kier alpha value is -1.64. The van der Waals surface area contributed by atoms with Gasteiger partial charge in [-0.2, -0.15) is 0 Å². The van der Waals surface area contributed by atoms with E-state index in [0.717, 1.165) is 40.1 Å². The van der Waals surface area contributed by atoms with Gasteiger partial charge in [0.2, 0.25) is 0 Å². The van der Waals surface area contributed by atoms with Gasteiger partial charge in [0.1, 0.15) is 5.75 Å². The largest absolute Gasteiger partial charge is 0.493 e. The molecule has 136 valence electrons. The molecule has 2 aromatic carbocycles. The summed E-state index contributed by atoms with van der Waals surface area (Å²) in [5.41, 5.74) is 3.43. The fourth-order valence-corrected chi connectivity index (χ4v) is 4.65. The van der Waals surface area contributed by atoms with Crippen molar-refractivity contribution in [3.05, 3.63) is 69.7 Å². The van der Waals surface area contributed by atoms with Crippen LogP contribution >= 0.6 is 23.2 Å². The number of hydrogen-bond acceptors (Lipinski definition) is 2. The van der Waals surface area contributed by atoms with E-state index in [1.165, 1.54) is 5.56 Å². The number of allylic oxidation sites excluding steroid dienone is 2. The summed E-state index contributed by atoms with van der Waals surface area (Å²) in [6.45, 7) is 5.05. The lowest BCUT2D eigenvalue weighted by atomic mass is 9.77. The highest BCUT2D eigenvalue weighted by molar-refractivity contribution is 6.36. The van der Waals surface area contributed by atoms with Crippen LogP contribution in [0.3, 0.4) is 0 Å². The van der Waals surface area contributed by atoms with Gasteiger partial charge in [-0.25, -0.2) is 0 Å². The van der Waals surface area contributed by atoms with Crippen molar-refractivity contribution in [2.45, 2.75) is 32.2 Å². The summed E-state index contributed by atoms with van der Waals surface area (Å²) >= 11 is 13.0. The summed E-state index contributed by atoms with van der Waals surface area (Å²) in [6.07, 6.45) is 5.60. The van der Waals surface area contributed by atoms with Gasteiger partial charge >= 0.3 is 0 Å². The zero-order valence-corrected chi connectivity index (χ0v) is 16.5. The van der Waals surface area contributed by atoms with E-state index in [0.29, 0.717) is 17.8 Å². The number of anilines is 1. The van der Waals surface area contributed by atoms with Gasteiger partial charge in [0.25, 0.3) is 0 Å². The van der Waals surface area contributed by atoms with Crippen molar-refractivity contribution in [2.24, 2.45) is 11.8 Å². The van der Waals surface area contributed by atoms with Crippen molar-refractivity contribution in [3.63, 3.8) is 0 Å². The van der Waals surface area contributed by atoms with Crippen LogP contribution in [0.2, 0.25) is 10.0 Å². The molecule has 0 amide bonds. The number of ether oxygens (including phenoxy) is 1. The molecule has 1 aliphatic heterocycles. The van der Waals surface area contributed by atoms with E-state index in [1.54, 1.807) is 0 Å². The van der Waals surface area contributed by atoms with Gasteiger partial charge < -0.3 is 10.1 Å². The monoisotopic (exact) mass is 387 g/mol. The molecule has 4 rings (SSSR count). The Balaban J connectivity index is 1.70. The van der Waals surface area contributed by atoms with Crippen LogP contribution in [0.1, 0.15) is 43.4 Å². The van der Waals surface area contributed by atoms with Crippen LogP contribution in [-0.2, 0) is 0 Å². The molecule has 2 aromatic rings. The smallest absolute Gasteiger partial charge is 0.119 e. The number of hydrogen-bond donors (Lipinski definition) is 1. The highest BCUT2D eigenvalue weighted by atomic mass is 35.5. The third-order valence-electron chi connectivity index (χ3n) is 5.23. The molecule has 1 N–H and O–H groups in total. The molecular weight excluding hydrogens is 365 g/mol. The van der Waals surface area contributed by atoms with E-state index in [4.69, 9.17) is 27.9 Å². The Labute approximate surface area is 165 Å². The summed E-state index contributed by atoms with van der Waals surface area (Å²) in [4.78, 5) is 0. The van der Waals surface area contributed by atoms with E-state index >= 15 is 0 Å². The lowest BCUT2D eigenvalue weighted by Crippen LogP contribution is -2.29. The standard InChI is InChI=1S/C22H23Cl2NO/c1-13(2)12-26-14-9-10-20-17(11-14)15-5-3-6-16(15)22(25-20)21-18(23)7-4-8-19(21)24/h3-5,7-11,13,15-16,22,25H,6,12H2,1-2H3. The van der Waals surface area contributed by atoms with E-state index in [-0.39, 0.29) is 6.04 Å². The molecule has 0 radical (unpaired) electrons. The number of rotatable bonds is 4. The highest BCUT2D eigenvalue weighted by Gasteiger charge is 2.39. The normalized spacial score (nSPS) is 23.5. The van der Waals surface area contributed by atoms with Gasteiger partial charge in [0.15, 0.2) is 0 Å². The molecule has 0 fully saturated rings. The molecule has 2 aliphatic rings. The maximum absolute atomic E-state index is 6.51. The first-order valence-corrected chi connectivity index (χ1v) is 9.94. The molecule has 2 nitrogen and oxygen atoms in total. The fourth-order valence-electron chi connectivity index (χ4n) is 4.02. The van der Waals surface area contributed by atoms with Crippen LogP contribution < -0.4 is 10.1 Å². The van der Waals surface area contributed by atoms with Gasteiger partial charge in [-0.1, -0.05) is 55.3 Å². The minimum atomic E-state index is 0.103. The molecule has 0 saturated carbocycles. The van der Waals surface area contributed by atoms with Gasteiger partial charge in [-0.05, 0) is 54.2 Å². The molecule has 1 aliphatic carbocycles. The van der Waals surface area contributed by atoms with Crippen LogP contribution in [0.25, 0.3) is 0 Å². The maximum Gasteiger partial charge on any atom is 0.119 e. The molecule has 0 spiro atoms. The first-order valence-electron chi connectivity index (χ1n) is 9.18. The van der Waals surface area contributed by atoms with Crippen LogP contribution in [0.15, 0.2) is 48.6 Å². The number of nitrogens with one attached hydrogen (secondary N) is 1. The first kappa shape index (κ1) is 17.8. The minimum absolute atomic E-state index is 0.103. The van der Waals surface area contributed by atoms with Crippen LogP contribution in [0.5, 0.6) is 5.75 Å². The summed E-state index contributed by atoms with van der Waals surface area (Å²) < 4.78 is 5.94. The van der Waals surface area contributed by atoms with Crippen LogP contribution in [0, 0.1) is 11.8 Å². The van der Waals surface area contributed by atoms with Crippen molar-refractivity contribution in [2.75, 3.05) is 11.9 Å². The lowest BCUT2D eigenvalue weighted by Gasteiger charge is -2.38. The molecule has 3 atom stereocenters. The average Bonchev–Trinajstić information content (AvgIpc) is 3.10. The van der Waals surface area contributed by atoms with Crippen molar-refractivity contribution in [3.8, 4) is 5.75 Å².